The number of para-hydroxylation sites is 1. The molecule has 1 aromatic carbocycles. The molecule has 0 unspecified atom stereocenters. The number of thiazole rings is 1. The summed E-state index contributed by atoms with van der Waals surface area (Å²) in [6.07, 6.45) is 1.60. The SMILES string of the molecule is Cc1nc(-c2ccco2)nc2sc(C(=O)N(C)Cc3nc4ccccc4s3)c(C)c12. The van der Waals surface area contributed by atoms with Gasteiger partial charge in [-0.3, -0.25) is 4.79 Å². The first-order valence-electron chi connectivity index (χ1n) is 9.43. The molecule has 0 aliphatic heterocycles. The zero-order chi connectivity index (χ0) is 20.8. The highest BCUT2D eigenvalue weighted by atomic mass is 32.1. The van der Waals surface area contributed by atoms with E-state index in [9.17, 15) is 4.79 Å². The second-order valence-electron chi connectivity index (χ2n) is 7.08. The number of hydrogen-bond donors (Lipinski definition) is 0. The third-order valence-corrected chi connectivity index (χ3v) is 7.16. The van der Waals surface area contributed by atoms with Crippen molar-refractivity contribution in [1.29, 1.82) is 0 Å². The maximum absolute atomic E-state index is 13.2. The highest BCUT2D eigenvalue weighted by Crippen LogP contribution is 2.34. The van der Waals surface area contributed by atoms with Crippen molar-refractivity contribution in [3.05, 3.63) is 63.8 Å². The number of fused-ring (bicyclic) bond motifs is 2. The fourth-order valence-corrected chi connectivity index (χ4v) is 5.74. The lowest BCUT2D eigenvalue weighted by atomic mass is 10.1. The number of thiophene rings is 1. The van der Waals surface area contributed by atoms with Gasteiger partial charge < -0.3 is 9.32 Å². The second-order valence-corrected chi connectivity index (χ2v) is 9.20. The van der Waals surface area contributed by atoms with E-state index in [4.69, 9.17) is 4.42 Å². The number of benzene rings is 1. The Morgan fingerprint density at radius 3 is 2.67 bits per heavy atom. The number of hydrogen-bond acceptors (Lipinski definition) is 7. The van der Waals surface area contributed by atoms with Crippen LogP contribution >= 0.6 is 22.7 Å². The third-order valence-electron chi connectivity index (χ3n) is 4.96. The lowest BCUT2D eigenvalue weighted by molar-refractivity contribution is 0.0789. The zero-order valence-electron chi connectivity index (χ0n) is 16.7. The van der Waals surface area contributed by atoms with Crippen LogP contribution < -0.4 is 0 Å². The van der Waals surface area contributed by atoms with Crippen LogP contribution in [0.3, 0.4) is 0 Å². The average Bonchev–Trinajstić information content (AvgIpc) is 3.45. The molecule has 8 heteroatoms. The van der Waals surface area contributed by atoms with Crippen molar-refractivity contribution in [3.63, 3.8) is 0 Å². The molecule has 0 saturated heterocycles. The lowest BCUT2D eigenvalue weighted by Gasteiger charge is -2.15. The van der Waals surface area contributed by atoms with Gasteiger partial charge in [0.05, 0.1) is 33.6 Å². The first kappa shape index (κ1) is 18.9. The van der Waals surface area contributed by atoms with Crippen molar-refractivity contribution in [2.75, 3.05) is 7.05 Å². The summed E-state index contributed by atoms with van der Waals surface area (Å²) in [4.78, 5) is 30.3. The molecule has 1 amide bonds. The molecule has 0 radical (unpaired) electrons. The molecule has 0 atom stereocenters. The van der Waals surface area contributed by atoms with Gasteiger partial charge in [0.25, 0.3) is 5.91 Å². The average molecular weight is 435 g/mol. The maximum Gasteiger partial charge on any atom is 0.264 e. The number of aryl methyl sites for hydroxylation is 2. The number of carbonyl (C=O) groups is 1. The molecule has 0 spiro atoms. The summed E-state index contributed by atoms with van der Waals surface area (Å²) in [5.41, 5.74) is 2.72. The van der Waals surface area contributed by atoms with E-state index in [1.807, 2.05) is 57.3 Å². The van der Waals surface area contributed by atoms with Gasteiger partial charge in [-0.25, -0.2) is 15.0 Å². The zero-order valence-corrected chi connectivity index (χ0v) is 18.3. The summed E-state index contributed by atoms with van der Waals surface area (Å²) in [5, 5.41) is 1.86. The van der Waals surface area contributed by atoms with E-state index >= 15 is 0 Å². The number of carbonyl (C=O) groups excluding carboxylic acids is 1. The molecular weight excluding hydrogens is 416 g/mol. The molecule has 150 valence electrons. The van der Waals surface area contributed by atoms with Crippen molar-refractivity contribution >= 4 is 49.0 Å². The predicted molar refractivity (Wildman–Crippen MR) is 120 cm³/mol. The number of nitrogens with zero attached hydrogens (tertiary/aromatic N) is 4. The van der Waals surface area contributed by atoms with Crippen molar-refractivity contribution in [2.45, 2.75) is 20.4 Å². The first-order valence-corrected chi connectivity index (χ1v) is 11.1. The van der Waals surface area contributed by atoms with Gasteiger partial charge in [-0.05, 0) is 43.7 Å². The van der Waals surface area contributed by atoms with E-state index in [0.717, 1.165) is 36.7 Å². The van der Waals surface area contributed by atoms with Crippen molar-refractivity contribution in [3.8, 4) is 11.6 Å². The second kappa shape index (κ2) is 7.30. The summed E-state index contributed by atoms with van der Waals surface area (Å²) in [6.45, 7) is 4.37. The monoisotopic (exact) mass is 434 g/mol. The molecule has 5 aromatic rings. The molecule has 0 bridgehead atoms. The summed E-state index contributed by atoms with van der Waals surface area (Å²) >= 11 is 3.02. The minimum Gasteiger partial charge on any atom is -0.461 e. The fraction of sp³-hybridized carbons (Fsp3) is 0.182. The standard InChI is InChI=1S/C22H18N4O2S2/c1-12-18-13(2)23-20(15-8-6-10-28-15)25-21(18)30-19(12)22(27)26(3)11-17-24-14-7-4-5-9-16(14)29-17/h4-10H,11H2,1-3H3. The van der Waals surface area contributed by atoms with Crippen LogP contribution in [-0.4, -0.2) is 32.8 Å². The Hall–Kier alpha value is -3.10. The van der Waals surface area contributed by atoms with Gasteiger partial charge in [-0.1, -0.05) is 12.1 Å². The van der Waals surface area contributed by atoms with Gasteiger partial charge in [0.1, 0.15) is 9.84 Å². The fourth-order valence-electron chi connectivity index (χ4n) is 3.49. The van der Waals surface area contributed by atoms with Gasteiger partial charge in [-0.15, -0.1) is 22.7 Å². The lowest BCUT2D eigenvalue weighted by Crippen LogP contribution is -2.25. The Morgan fingerprint density at radius 1 is 1.07 bits per heavy atom. The molecular formula is C22H18N4O2S2. The molecule has 0 aliphatic rings. The van der Waals surface area contributed by atoms with Crippen molar-refractivity contribution in [2.24, 2.45) is 0 Å². The van der Waals surface area contributed by atoms with E-state index in [-0.39, 0.29) is 5.91 Å². The summed E-state index contributed by atoms with van der Waals surface area (Å²) in [7, 11) is 1.81. The third kappa shape index (κ3) is 3.18. The number of furan rings is 1. The van der Waals surface area contributed by atoms with Gasteiger partial charge >= 0.3 is 0 Å². The van der Waals surface area contributed by atoms with Gasteiger partial charge in [0, 0.05) is 12.4 Å². The molecule has 6 nitrogen and oxygen atoms in total. The van der Waals surface area contributed by atoms with Crippen LogP contribution in [0.1, 0.15) is 25.9 Å². The van der Waals surface area contributed by atoms with Crippen LogP contribution in [-0.2, 0) is 6.54 Å². The Kier molecular flexibility index (Phi) is 4.60. The first-order chi connectivity index (χ1) is 14.5. The Balaban J connectivity index is 1.47. The van der Waals surface area contributed by atoms with E-state index in [2.05, 4.69) is 15.0 Å². The van der Waals surface area contributed by atoms with Crippen molar-refractivity contribution in [1.82, 2.24) is 19.9 Å². The minimum atomic E-state index is -0.0336. The molecule has 0 saturated carbocycles. The highest BCUT2D eigenvalue weighted by molar-refractivity contribution is 7.20. The van der Waals surface area contributed by atoms with Crippen LogP contribution in [0.15, 0.2) is 47.1 Å². The molecule has 5 rings (SSSR count). The van der Waals surface area contributed by atoms with Crippen LogP contribution in [0, 0.1) is 13.8 Å². The Morgan fingerprint density at radius 2 is 1.90 bits per heavy atom. The minimum absolute atomic E-state index is 0.0336. The van der Waals surface area contributed by atoms with Crippen LogP contribution in [0.25, 0.3) is 32.0 Å². The summed E-state index contributed by atoms with van der Waals surface area (Å²) < 4.78 is 6.56. The number of aromatic nitrogens is 3. The smallest absolute Gasteiger partial charge is 0.264 e. The van der Waals surface area contributed by atoms with E-state index in [0.29, 0.717) is 23.0 Å². The highest BCUT2D eigenvalue weighted by Gasteiger charge is 2.23. The number of amides is 1. The van der Waals surface area contributed by atoms with E-state index in [1.165, 1.54) is 11.3 Å². The molecule has 30 heavy (non-hydrogen) atoms. The van der Waals surface area contributed by atoms with E-state index < -0.39 is 0 Å². The molecule has 4 heterocycles. The predicted octanol–water partition coefficient (Wildman–Crippen LogP) is 5.45. The van der Waals surface area contributed by atoms with E-state index in [1.54, 1.807) is 22.5 Å². The topological polar surface area (TPSA) is 72.1 Å². The van der Waals surface area contributed by atoms with Gasteiger partial charge in [-0.2, -0.15) is 0 Å². The normalized spacial score (nSPS) is 11.4. The molecule has 0 N–H and O–H groups in total. The largest absolute Gasteiger partial charge is 0.461 e. The quantitative estimate of drug-likeness (QED) is 0.376. The Bertz CT molecular complexity index is 1350. The Labute approximate surface area is 180 Å². The van der Waals surface area contributed by atoms with Gasteiger partial charge in [0.2, 0.25) is 0 Å². The molecule has 0 aliphatic carbocycles. The summed E-state index contributed by atoms with van der Waals surface area (Å²) in [6, 6.07) is 11.7. The van der Waals surface area contributed by atoms with Crippen LogP contribution in [0.2, 0.25) is 0 Å². The van der Waals surface area contributed by atoms with Crippen LogP contribution in [0.5, 0.6) is 0 Å². The molecule has 0 fully saturated rings. The summed E-state index contributed by atoms with van der Waals surface area (Å²) in [5.74, 6) is 1.12. The number of rotatable bonds is 4. The van der Waals surface area contributed by atoms with Crippen LogP contribution in [0.4, 0.5) is 0 Å². The molecule has 4 aromatic heterocycles. The van der Waals surface area contributed by atoms with Crippen molar-refractivity contribution < 1.29 is 9.21 Å². The maximum atomic E-state index is 13.2. The van der Waals surface area contributed by atoms with Gasteiger partial charge in [0.15, 0.2) is 11.6 Å².